The number of hydrogen-bond acceptors (Lipinski definition) is 2. The molecule has 2 N–H and O–H groups in total. The Morgan fingerprint density at radius 1 is 1.41 bits per heavy atom. The second kappa shape index (κ2) is 4.88. The summed E-state index contributed by atoms with van der Waals surface area (Å²) in [5.74, 6) is 0.0523. The molecule has 0 heterocycles. The van der Waals surface area contributed by atoms with Gasteiger partial charge in [0.2, 0.25) is 5.91 Å². The molecule has 0 bridgehead atoms. The third-order valence-electron chi connectivity index (χ3n) is 3.62. The number of nitrogens with one attached hydrogen (secondary N) is 1. The Kier molecular flexibility index (Phi) is 3.48. The van der Waals surface area contributed by atoms with Crippen LogP contribution in [-0.2, 0) is 10.2 Å². The second-order valence-corrected chi connectivity index (χ2v) is 4.86. The largest absolute Gasteiger partial charge is 0.394 e. The highest BCUT2D eigenvalue weighted by Crippen LogP contribution is 2.43. The molecule has 17 heavy (non-hydrogen) atoms. The van der Waals surface area contributed by atoms with Gasteiger partial charge in [0.25, 0.3) is 0 Å². The van der Waals surface area contributed by atoms with Crippen LogP contribution >= 0.6 is 0 Å². The van der Waals surface area contributed by atoms with Crippen LogP contribution in [0.4, 0.5) is 0 Å². The summed E-state index contributed by atoms with van der Waals surface area (Å²) >= 11 is 0. The Labute approximate surface area is 102 Å². The van der Waals surface area contributed by atoms with Crippen molar-refractivity contribution < 1.29 is 9.90 Å². The Morgan fingerprint density at radius 3 is 2.53 bits per heavy atom. The van der Waals surface area contributed by atoms with Crippen molar-refractivity contribution in [1.82, 2.24) is 5.32 Å². The predicted octanol–water partition coefficient (Wildman–Crippen LogP) is 1.61. The number of rotatable bonds is 4. The number of carbonyl (C=O) groups excluding carboxylic acids is 1. The van der Waals surface area contributed by atoms with Gasteiger partial charge in [-0.3, -0.25) is 4.79 Å². The summed E-state index contributed by atoms with van der Waals surface area (Å²) < 4.78 is 0. The number of aliphatic hydroxyl groups is 1. The van der Waals surface area contributed by atoms with Gasteiger partial charge in [-0.25, -0.2) is 0 Å². The maximum atomic E-state index is 12.3. The summed E-state index contributed by atoms with van der Waals surface area (Å²) in [5, 5.41) is 11.9. The number of carbonyl (C=O) groups is 1. The molecule has 0 radical (unpaired) electrons. The van der Waals surface area contributed by atoms with E-state index >= 15 is 0 Å². The van der Waals surface area contributed by atoms with Crippen molar-refractivity contribution in [3.05, 3.63) is 35.9 Å². The Bertz CT molecular complexity index is 384. The van der Waals surface area contributed by atoms with Crippen molar-refractivity contribution in [2.24, 2.45) is 0 Å². The van der Waals surface area contributed by atoms with E-state index in [2.05, 4.69) is 5.32 Å². The maximum Gasteiger partial charge on any atom is 0.230 e. The van der Waals surface area contributed by atoms with Gasteiger partial charge in [0.05, 0.1) is 12.0 Å². The molecule has 2 rings (SSSR count). The highest BCUT2D eigenvalue weighted by Gasteiger charge is 2.45. The second-order valence-electron chi connectivity index (χ2n) is 4.86. The van der Waals surface area contributed by atoms with Gasteiger partial charge < -0.3 is 10.4 Å². The molecule has 0 aliphatic heterocycles. The molecule has 1 fully saturated rings. The molecule has 1 aromatic carbocycles. The first-order valence-electron chi connectivity index (χ1n) is 6.16. The van der Waals surface area contributed by atoms with Gasteiger partial charge in [0.15, 0.2) is 0 Å². The maximum absolute atomic E-state index is 12.3. The summed E-state index contributed by atoms with van der Waals surface area (Å²) in [5.41, 5.74) is 0.735. The number of amides is 1. The predicted molar refractivity (Wildman–Crippen MR) is 66.7 cm³/mol. The average molecular weight is 233 g/mol. The van der Waals surface area contributed by atoms with E-state index < -0.39 is 0 Å². The molecule has 1 aromatic rings. The van der Waals surface area contributed by atoms with Gasteiger partial charge in [-0.1, -0.05) is 36.8 Å². The van der Waals surface area contributed by atoms with Crippen molar-refractivity contribution in [3.63, 3.8) is 0 Å². The van der Waals surface area contributed by atoms with E-state index in [1.165, 1.54) is 0 Å². The Morgan fingerprint density at radius 2 is 2.06 bits per heavy atom. The minimum atomic E-state index is -0.356. The van der Waals surface area contributed by atoms with Crippen molar-refractivity contribution in [2.45, 2.75) is 37.6 Å². The number of benzene rings is 1. The molecule has 0 aromatic heterocycles. The summed E-state index contributed by atoms with van der Waals surface area (Å²) in [7, 11) is 0. The summed E-state index contributed by atoms with van der Waals surface area (Å²) in [6.07, 6.45) is 2.90. The van der Waals surface area contributed by atoms with Gasteiger partial charge in [-0.2, -0.15) is 0 Å². The van der Waals surface area contributed by atoms with E-state index in [4.69, 9.17) is 5.11 Å². The topological polar surface area (TPSA) is 49.3 Å². The Hall–Kier alpha value is -1.35. The number of aliphatic hydroxyl groups excluding tert-OH is 1. The molecule has 1 saturated carbocycles. The zero-order valence-electron chi connectivity index (χ0n) is 10.1. The number of hydrogen-bond donors (Lipinski definition) is 2. The third kappa shape index (κ3) is 2.20. The van der Waals surface area contributed by atoms with Crippen molar-refractivity contribution in [2.75, 3.05) is 6.61 Å². The van der Waals surface area contributed by atoms with Crippen LogP contribution in [0.15, 0.2) is 30.3 Å². The van der Waals surface area contributed by atoms with E-state index in [0.717, 1.165) is 24.8 Å². The van der Waals surface area contributed by atoms with Gasteiger partial charge in [-0.05, 0) is 25.3 Å². The van der Waals surface area contributed by atoms with E-state index in [1.54, 1.807) is 0 Å². The zero-order chi connectivity index (χ0) is 12.3. The third-order valence-corrected chi connectivity index (χ3v) is 3.62. The monoisotopic (exact) mass is 233 g/mol. The fraction of sp³-hybridized carbons (Fsp3) is 0.500. The fourth-order valence-corrected chi connectivity index (χ4v) is 2.34. The molecule has 3 nitrogen and oxygen atoms in total. The lowest BCUT2D eigenvalue weighted by atomic mass is 9.63. The van der Waals surface area contributed by atoms with Crippen LogP contribution in [0.2, 0.25) is 0 Å². The molecule has 0 spiro atoms. The molecule has 1 amide bonds. The average Bonchev–Trinajstić information content (AvgIpc) is 2.28. The van der Waals surface area contributed by atoms with Gasteiger partial charge in [-0.15, -0.1) is 0 Å². The molecular formula is C14H19NO2. The molecule has 1 aliphatic carbocycles. The summed E-state index contributed by atoms with van der Waals surface area (Å²) in [6, 6.07) is 9.76. The van der Waals surface area contributed by atoms with Gasteiger partial charge in [0, 0.05) is 6.04 Å². The lowest BCUT2D eigenvalue weighted by Crippen LogP contribution is -2.52. The lowest BCUT2D eigenvalue weighted by Gasteiger charge is -2.41. The lowest BCUT2D eigenvalue weighted by molar-refractivity contribution is -0.130. The first-order valence-corrected chi connectivity index (χ1v) is 6.16. The normalized spacial score (nSPS) is 19.2. The van der Waals surface area contributed by atoms with E-state index in [-0.39, 0.29) is 24.0 Å². The highest BCUT2D eigenvalue weighted by molar-refractivity contribution is 5.89. The van der Waals surface area contributed by atoms with E-state index in [0.29, 0.717) is 0 Å². The SMILES string of the molecule is CC(CO)NC(=O)C1(c2ccccc2)CCC1. The highest BCUT2D eigenvalue weighted by atomic mass is 16.3. The van der Waals surface area contributed by atoms with Crippen LogP contribution in [-0.4, -0.2) is 23.7 Å². The smallest absolute Gasteiger partial charge is 0.230 e. The summed E-state index contributed by atoms with van der Waals surface area (Å²) in [6.45, 7) is 1.80. The first kappa shape index (κ1) is 12.1. The molecule has 0 saturated heterocycles. The van der Waals surface area contributed by atoms with Crippen LogP contribution in [0.3, 0.4) is 0 Å². The van der Waals surface area contributed by atoms with E-state index in [9.17, 15) is 4.79 Å². The quantitative estimate of drug-likeness (QED) is 0.830. The van der Waals surface area contributed by atoms with Crippen molar-refractivity contribution in [3.8, 4) is 0 Å². The zero-order valence-corrected chi connectivity index (χ0v) is 10.1. The first-order chi connectivity index (χ1) is 8.19. The van der Waals surface area contributed by atoms with Crippen LogP contribution in [0.1, 0.15) is 31.7 Å². The molecule has 1 aliphatic rings. The van der Waals surface area contributed by atoms with Gasteiger partial charge >= 0.3 is 0 Å². The van der Waals surface area contributed by atoms with Crippen molar-refractivity contribution >= 4 is 5.91 Å². The molecule has 92 valence electrons. The minimum absolute atomic E-state index is 0.0173. The molecular weight excluding hydrogens is 214 g/mol. The van der Waals surface area contributed by atoms with Crippen LogP contribution < -0.4 is 5.32 Å². The molecule has 3 heteroatoms. The standard InChI is InChI=1S/C14H19NO2/c1-11(10-16)15-13(17)14(8-5-9-14)12-6-3-2-4-7-12/h2-4,6-7,11,16H,5,8-10H2,1H3,(H,15,17). The Balaban J connectivity index is 2.18. The van der Waals surface area contributed by atoms with Crippen LogP contribution in [0.25, 0.3) is 0 Å². The van der Waals surface area contributed by atoms with Crippen molar-refractivity contribution in [1.29, 1.82) is 0 Å². The molecule has 1 unspecified atom stereocenters. The van der Waals surface area contributed by atoms with Crippen LogP contribution in [0.5, 0.6) is 0 Å². The fourth-order valence-electron chi connectivity index (χ4n) is 2.34. The summed E-state index contributed by atoms with van der Waals surface area (Å²) in [4.78, 5) is 12.3. The van der Waals surface area contributed by atoms with Gasteiger partial charge in [0.1, 0.15) is 0 Å². The van der Waals surface area contributed by atoms with Crippen LogP contribution in [0, 0.1) is 0 Å². The molecule has 1 atom stereocenters. The van der Waals surface area contributed by atoms with E-state index in [1.807, 2.05) is 37.3 Å². The minimum Gasteiger partial charge on any atom is -0.394 e.